The quantitative estimate of drug-likeness (QED) is 0.350. The third kappa shape index (κ3) is 3.10. The summed E-state index contributed by atoms with van der Waals surface area (Å²) in [5, 5.41) is 17.2. The van der Waals surface area contributed by atoms with Crippen LogP contribution in [0.15, 0.2) is 60.7 Å². The fraction of sp³-hybridized carbons (Fsp3) is 0.0667. The van der Waals surface area contributed by atoms with Gasteiger partial charge in [-0.05, 0) is 0 Å². The normalized spacial score (nSPS) is 10.2. The van der Waals surface area contributed by atoms with Gasteiger partial charge in [-0.2, -0.15) is 0 Å². The van der Waals surface area contributed by atoms with Crippen LogP contribution >= 0.6 is 0 Å². The van der Waals surface area contributed by atoms with E-state index in [1.165, 1.54) is 12.5 Å². The van der Waals surface area contributed by atoms with Gasteiger partial charge in [0.05, 0.1) is 0 Å². The van der Waals surface area contributed by atoms with Crippen molar-refractivity contribution >= 4 is 0 Å². The second-order valence-corrected chi connectivity index (χ2v) is 3.86. The van der Waals surface area contributed by atoms with E-state index in [0.717, 1.165) is 0 Å². The molecule has 0 saturated carbocycles. The Labute approximate surface area is 121 Å². The van der Waals surface area contributed by atoms with Crippen LogP contribution in [0.2, 0.25) is 0 Å². The average molecular weight is 282 g/mol. The highest BCUT2D eigenvalue weighted by Crippen LogP contribution is 2.35. The molecule has 0 N–H and O–H groups in total. The molecule has 0 aliphatic heterocycles. The molecule has 0 radical (unpaired) electrons. The summed E-state index contributed by atoms with van der Waals surface area (Å²) in [5.74, 6) is -1.70. The van der Waals surface area contributed by atoms with Crippen molar-refractivity contribution in [2.75, 3.05) is 0 Å². The molecule has 6 nitrogen and oxygen atoms in total. The molecule has 6 heteroatoms. The Balaban J connectivity index is 2.54. The van der Waals surface area contributed by atoms with Crippen LogP contribution in [0.4, 0.5) is 0 Å². The minimum atomic E-state index is -1.70. The van der Waals surface area contributed by atoms with Crippen molar-refractivity contribution in [1.29, 1.82) is 10.5 Å². The lowest BCUT2D eigenvalue weighted by Gasteiger charge is -2.27. The molecule has 0 amide bonds. The van der Waals surface area contributed by atoms with Gasteiger partial charge >= 0.3 is 18.3 Å². The second-order valence-electron chi connectivity index (χ2n) is 3.86. The lowest BCUT2D eigenvalue weighted by atomic mass is 9.98. The lowest BCUT2D eigenvalue weighted by molar-refractivity contribution is -0.472. The van der Waals surface area contributed by atoms with Gasteiger partial charge in [-0.15, -0.1) is 20.3 Å². The standard InChI is InChI=1S/C15H10N2O4/c16-11-18-20-15(21-19-12-17,13-7-3-1-4-8-13)14-9-5-2-6-10-14/h1-10H. The van der Waals surface area contributed by atoms with E-state index in [0.29, 0.717) is 11.1 Å². The Morgan fingerprint density at radius 3 is 1.38 bits per heavy atom. The van der Waals surface area contributed by atoms with Crippen LogP contribution in [-0.4, -0.2) is 0 Å². The number of nitrogens with zero attached hydrogens (tertiary/aromatic N) is 2. The van der Waals surface area contributed by atoms with Gasteiger partial charge in [-0.3, -0.25) is 9.78 Å². The molecule has 2 aromatic rings. The monoisotopic (exact) mass is 282 g/mol. The zero-order chi connectivity index (χ0) is 15.0. The topological polar surface area (TPSA) is 84.5 Å². The highest BCUT2D eigenvalue weighted by Gasteiger charge is 2.42. The van der Waals surface area contributed by atoms with Crippen molar-refractivity contribution in [2.45, 2.75) is 5.79 Å². The molecule has 0 fully saturated rings. The van der Waals surface area contributed by atoms with Crippen LogP contribution in [0.3, 0.4) is 0 Å². The van der Waals surface area contributed by atoms with E-state index in [1.54, 1.807) is 60.7 Å². The molecule has 0 aliphatic carbocycles. The van der Waals surface area contributed by atoms with Crippen LogP contribution in [0, 0.1) is 23.0 Å². The third-order valence-corrected chi connectivity index (χ3v) is 2.70. The first kappa shape index (κ1) is 14.4. The summed E-state index contributed by atoms with van der Waals surface area (Å²) in [6.07, 6.45) is 2.80. The number of nitriles is 2. The SMILES string of the molecule is N#COOC(OOC#N)(c1ccccc1)c1ccccc1. The van der Waals surface area contributed by atoms with Gasteiger partial charge in [0.15, 0.2) is 0 Å². The Kier molecular flexibility index (Phi) is 4.73. The summed E-state index contributed by atoms with van der Waals surface area (Å²) < 4.78 is 0. The van der Waals surface area contributed by atoms with Crippen molar-refractivity contribution in [1.82, 2.24) is 0 Å². The molecule has 2 aromatic carbocycles. The predicted molar refractivity (Wildman–Crippen MR) is 69.2 cm³/mol. The lowest BCUT2D eigenvalue weighted by Crippen LogP contribution is -2.34. The van der Waals surface area contributed by atoms with E-state index >= 15 is 0 Å². The molecule has 2 rings (SSSR count). The van der Waals surface area contributed by atoms with Gasteiger partial charge in [0.1, 0.15) is 0 Å². The van der Waals surface area contributed by atoms with Gasteiger partial charge in [0.2, 0.25) is 0 Å². The van der Waals surface area contributed by atoms with E-state index in [9.17, 15) is 0 Å². The van der Waals surface area contributed by atoms with Crippen LogP contribution in [0.5, 0.6) is 0 Å². The minimum Gasteiger partial charge on any atom is -0.250 e. The third-order valence-electron chi connectivity index (χ3n) is 2.70. The summed E-state index contributed by atoms with van der Waals surface area (Å²) in [4.78, 5) is 19.0. The van der Waals surface area contributed by atoms with Crippen molar-refractivity contribution in [2.24, 2.45) is 0 Å². The van der Waals surface area contributed by atoms with E-state index in [-0.39, 0.29) is 0 Å². The molecule has 0 unspecified atom stereocenters. The molecule has 0 bridgehead atoms. The van der Waals surface area contributed by atoms with Crippen LogP contribution in [0.1, 0.15) is 11.1 Å². The number of hydrogen-bond donors (Lipinski definition) is 0. The van der Waals surface area contributed by atoms with Crippen molar-refractivity contribution < 1.29 is 19.6 Å². The smallest absolute Gasteiger partial charge is 0.250 e. The number of rotatable bonds is 6. The van der Waals surface area contributed by atoms with Gasteiger partial charge < -0.3 is 0 Å². The van der Waals surface area contributed by atoms with Crippen LogP contribution < -0.4 is 0 Å². The Morgan fingerprint density at radius 2 is 1.05 bits per heavy atom. The largest absolute Gasteiger partial charge is 0.324 e. The number of benzene rings is 2. The predicted octanol–water partition coefficient (Wildman–Crippen LogP) is 2.75. The maximum atomic E-state index is 8.59. The fourth-order valence-electron chi connectivity index (χ4n) is 1.84. The highest BCUT2D eigenvalue weighted by atomic mass is 17.3. The summed E-state index contributed by atoms with van der Waals surface area (Å²) in [7, 11) is 0. The van der Waals surface area contributed by atoms with Gasteiger partial charge in [0, 0.05) is 11.1 Å². The molecular formula is C15H10N2O4. The molecular weight excluding hydrogens is 272 g/mol. The summed E-state index contributed by atoms with van der Waals surface area (Å²) in [5.41, 5.74) is 0.975. The van der Waals surface area contributed by atoms with Gasteiger partial charge in [-0.1, -0.05) is 60.7 Å². The minimum absolute atomic E-state index is 0.488. The first-order valence-electron chi connectivity index (χ1n) is 5.92. The van der Waals surface area contributed by atoms with Crippen molar-refractivity contribution in [3.63, 3.8) is 0 Å². The van der Waals surface area contributed by atoms with Gasteiger partial charge in [-0.25, -0.2) is 0 Å². The Bertz CT molecular complexity index is 587. The van der Waals surface area contributed by atoms with Crippen LogP contribution in [-0.2, 0) is 25.3 Å². The molecule has 104 valence electrons. The maximum Gasteiger partial charge on any atom is 0.324 e. The zero-order valence-corrected chi connectivity index (χ0v) is 10.8. The molecule has 0 aromatic heterocycles. The summed E-state index contributed by atoms with van der Waals surface area (Å²) >= 11 is 0. The van der Waals surface area contributed by atoms with E-state index < -0.39 is 5.79 Å². The average Bonchev–Trinajstić information content (AvgIpc) is 2.57. The molecule has 21 heavy (non-hydrogen) atoms. The van der Waals surface area contributed by atoms with Crippen molar-refractivity contribution in [3.05, 3.63) is 71.8 Å². The molecule has 0 aliphatic rings. The van der Waals surface area contributed by atoms with E-state index in [2.05, 4.69) is 9.78 Å². The van der Waals surface area contributed by atoms with Gasteiger partial charge in [0.25, 0.3) is 0 Å². The van der Waals surface area contributed by atoms with E-state index in [4.69, 9.17) is 20.3 Å². The molecule has 0 spiro atoms. The molecule has 0 atom stereocenters. The zero-order valence-electron chi connectivity index (χ0n) is 10.8. The summed E-state index contributed by atoms with van der Waals surface area (Å²) in [6.45, 7) is 0. The number of hydrogen-bond acceptors (Lipinski definition) is 6. The maximum absolute atomic E-state index is 8.59. The molecule has 0 saturated heterocycles. The Morgan fingerprint density at radius 1 is 0.667 bits per heavy atom. The molecule has 0 heterocycles. The first-order chi connectivity index (χ1) is 10.3. The second kappa shape index (κ2) is 6.92. The van der Waals surface area contributed by atoms with E-state index in [1.807, 2.05) is 0 Å². The van der Waals surface area contributed by atoms with Crippen molar-refractivity contribution in [3.8, 4) is 12.5 Å². The van der Waals surface area contributed by atoms with Crippen LogP contribution in [0.25, 0.3) is 0 Å². The summed E-state index contributed by atoms with van der Waals surface area (Å²) in [6, 6.07) is 17.4. The highest BCUT2D eigenvalue weighted by molar-refractivity contribution is 5.33. The fourth-order valence-corrected chi connectivity index (χ4v) is 1.84. The Hall–Kier alpha value is -3.06. The first-order valence-corrected chi connectivity index (χ1v) is 5.92.